The lowest BCUT2D eigenvalue weighted by atomic mass is 10.0. The summed E-state index contributed by atoms with van der Waals surface area (Å²) < 4.78 is 11.6. The Balaban J connectivity index is 1.50. The minimum Gasteiger partial charge on any atom is -0.497 e. The zero-order valence-electron chi connectivity index (χ0n) is 18.1. The number of guanidine groups is 1. The normalized spacial score (nSPS) is 13.4. The van der Waals surface area contributed by atoms with Crippen molar-refractivity contribution in [3.63, 3.8) is 0 Å². The van der Waals surface area contributed by atoms with Gasteiger partial charge in [0.15, 0.2) is 0 Å². The second-order valence-corrected chi connectivity index (χ2v) is 8.23. The lowest BCUT2D eigenvalue weighted by Gasteiger charge is -2.20. The molecule has 158 valence electrons. The number of anilines is 1. The predicted molar refractivity (Wildman–Crippen MR) is 131 cm³/mol. The molecule has 0 saturated heterocycles. The van der Waals surface area contributed by atoms with Crippen LogP contribution in [0.1, 0.15) is 11.1 Å². The molecule has 6 rings (SSSR count). The van der Waals surface area contributed by atoms with E-state index in [9.17, 15) is 0 Å². The molecule has 0 fully saturated rings. The van der Waals surface area contributed by atoms with Gasteiger partial charge in [-0.15, -0.1) is 0 Å². The molecule has 1 aromatic heterocycles. The minimum absolute atomic E-state index is 0.421. The van der Waals surface area contributed by atoms with Gasteiger partial charge in [-0.3, -0.25) is 0 Å². The first kappa shape index (κ1) is 18.8. The van der Waals surface area contributed by atoms with Gasteiger partial charge in [-0.05, 0) is 46.9 Å². The number of hydrogen-bond donors (Lipinski definition) is 1. The van der Waals surface area contributed by atoms with Crippen LogP contribution in [0.4, 0.5) is 11.4 Å². The van der Waals surface area contributed by atoms with Crippen molar-refractivity contribution in [2.24, 2.45) is 10.7 Å². The molecule has 0 spiro atoms. The summed E-state index contributed by atoms with van der Waals surface area (Å²) in [5.41, 5.74) is 12.6. The van der Waals surface area contributed by atoms with E-state index < -0.39 is 0 Å². The summed E-state index contributed by atoms with van der Waals surface area (Å²) in [6, 6.07) is 22.6. The number of benzene rings is 4. The molecule has 1 aliphatic rings. The lowest BCUT2D eigenvalue weighted by Crippen LogP contribution is -2.33. The van der Waals surface area contributed by atoms with Crippen molar-refractivity contribution in [2.45, 2.75) is 12.8 Å². The fourth-order valence-corrected chi connectivity index (χ4v) is 4.86. The van der Waals surface area contributed by atoms with Gasteiger partial charge in [-0.2, -0.15) is 0 Å². The van der Waals surface area contributed by atoms with Gasteiger partial charge >= 0.3 is 0 Å². The maximum atomic E-state index is 6.57. The van der Waals surface area contributed by atoms with Crippen molar-refractivity contribution in [3.05, 3.63) is 77.9 Å². The van der Waals surface area contributed by atoms with Crippen molar-refractivity contribution >= 4 is 50.0 Å². The Morgan fingerprint density at radius 3 is 2.72 bits per heavy atom. The molecule has 0 radical (unpaired) electrons. The maximum absolute atomic E-state index is 6.57. The van der Waals surface area contributed by atoms with Gasteiger partial charge in [0.2, 0.25) is 5.96 Å². The standard InChI is InChI=1S/C27H23N3O2/c1-30(22-14-18(31-2)15-24-26(22)20-8-3-4-9-23(20)32-24)27(28)29-21-13-11-17-7-5-6-16-10-12-19(21)25(16)17/h3-9,11,13-15H,10,12H2,1-2H3,(H2,28,29). The third-order valence-corrected chi connectivity index (χ3v) is 6.47. The van der Waals surface area contributed by atoms with E-state index in [4.69, 9.17) is 19.9 Å². The van der Waals surface area contributed by atoms with Crippen LogP contribution in [0.3, 0.4) is 0 Å². The monoisotopic (exact) mass is 421 g/mol. The van der Waals surface area contributed by atoms with Gasteiger partial charge < -0.3 is 19.8 Å². The van der Waals surface area contributed by atoms with E-state index in [1.165, 1.54) is 21.9 Å². The van der Waals surface area contributed by atoms with Crippen molar-refractivity contribution in [2.75, 3.05) is 19.1 Å². The molecule has 0 atom stereocenters. The molecule has 0 aliphatic heterocycles. The Labute approximate surface area is 185 Å². The van der Waals surface area contributed by atoms with E-state index in [-0.39, 0.29) is 0 Å². The maximum Gasteiger partial charge on any atom is 0.200 e. The topological polar surface area (TPSA) is 64.0 Å². The summed E-state index contributed by atoms with van der Waals surface area (Å²) >= 11 is 0. The molecule has 0 unspecified atom stereocenters. The third kappa shape index (κ3) is 2.74. The summed E-state index contributed by atoms with van der Waals surface area (Å²) in [4.78, 5) is 6.77. The number of furan rings is 1. The van der Waals surface area contributed by atoms with Gasteiger partial charge in [0.1, 0.15) is 16.9 Å². The number of ether oxygens (including phenoxy) is 1. The number of fused-ring (bicyclic) bond motifs is 3. The summed E-state index contributed by atoms with van der Waals surface area (Å²) in [7, 11) is 3.58. The van der Waals surface area contributed by atoms with Crippen LogP contribution in [-0.2, 0) is 12.8 Å². The molecule has 2 N–H and O–H groups in total. The molecule has 5 nitrogen and oxygen atoms in total. The number of methoxy groups -OCH3 is 1. The second kappa shape index (κ2) is 7.02. The first-order valence-corrected chi connectivity index (χ1v) is 10.7. The molecule has 5 aromatic rings. The summed E-state index contributed by atoms with van der Waals surface area (Å²) in [5, 5.41) is 4.62. The molecule has 0 bridgehead atoms. The fourth-order valence-electron chi connectivity index (χ4n) is 4.86. The number of aryl methyl sites for hydroxylation is 2. The summed E-state index contributed by atoms with van der Waals surface area (Å²) in [5.74, 6) is 1.13. The highest BCUT2D eigenvalue weighted by molar-refractivity contribution is 6.15. The summed E-state index contributed by atoms with van der Waals surface area (Å²) in [6.45, 7) is 0. The van der Waals surface area contributed by atoms with Crippen LogP contribution in [0.15, 0.2) is 76.1 Å². The van der Waals surface area contributed by atoms with Crippen LogP contribution in [0.2, 0.25) is 0 Å². The number of nitrogens with two attached hydrogens (primary N) is 1. The predicted octanol–water partition coefficient (Wildman–Crippen LogP) is 5.93. The first-order valence-electron chi connectivity index (χ1n) is 10.7. The number of nitrogens with zero attached hydrogens (tertiary/aromatic N) is 2. The van der Waals surface area contributed by atoms with Gasteiger partial charge in [-0.1, -0.05) is 42.5 Å². The van der Waals surface area contributed by atoms with E-state index in [1.54, 1.807) is 7.11 Å². The first-order chi connectivity index (χ1) is 15.6. The van der Waals surface area contributed by atoms with E-state index >= 15 is 0 Å². The third-order valence-electron chi connectivity index (χ3n) is 6.47. The van der Waals surface area contributed by atoms with Gasteiger partial charge in [0.25, 0.3) is 0 Å². The molecule has 4 aromatic carbocycles. The number of aliphatic imine (C=N–C) groups is 1. The molecule has 0 amide bonds. The number of para-hydroxylation sites is 1. The van der Waals surface area contributed by atoms with Crippen molar-refractivity contribution in [1.82, 2.24) is 0 Å². The molecular formula is C27H23N3O2. The zero-order valence-corrected chi connectivity index (χ0v) is 18.1. The Kier molecular flexibility index (Phi) is 4.12. The number of rotatable bonds is 3. The zero-order chi connectivity index (χ0) is 21.8. The van der Waals surface area contributed by atoms with Gasteiger partial charge in [-0.25, -0.2) is 4.99 Å². The fraction of sp³-hybridized carbons (Fsp3) is 0.148. The van der Waals surface area contributed by atoms with E-state index in [0.717, 1.165) is 46.2 Å². The average molecular weight is 422 g/mol. The molecule has 0 saturated carbocycles. The lowest BCUT2D eigenvalue weighted by molar-refractivity contribution is 0.415. The van der Waals surface area contributed by atoms with E-state index in [0.29, 0.717) is 11.7 Å². The highest BCUT2D eigenvalue weighted by Gasteiger charge is 2.20. The Hall–Kier alpha value is -3.99. The van der Waals surface area contributed by atoms with Crippen molar-refractivity contribution in [3.8, 4) is 5.75 Å². The molecular weight excluding hydrogens is 398 g/mol. The smallest absolute Gasteiger partial charge is 0.200 e. The molecule has 5 heteroatoms. The van der Waals surface area contributed by atoms with Crippen LogP contribution >= 0.6 is 0 Å². The van der Waals surface area contributed by atoms with Crippen molar-refractivity contribution in [1.29, 1.82) is 0 Å². The number of hydrogen-bond acceptors (Lipinski definition) is 3. The van der Waals surface area contributed by atoms with E-state index in [2.05, 4.69) is 36.4 Å². The van der Waals surface area contributed by atoms with Crippen LogP contribution in [0, 0.1) is 0 Å². The van der Waals surface area contributed by atoms with Gasteiger partial charge in [0.05, 0.1) is 23.9 Å². The molecule has 1 aliphatic carbocycles. The SMILES string of the molecule is COc1cc(N(C)C(N)=Nc2ccc3cccc4c3c2CC4)c2c(c1)oc1ccccc12. The Morgan fingerprint density at radius 1 is 0.969 bits per heavy atom. The quantitative estimate of drug-likeness (QED) is 0.290. The van der Waals surface area contributed by atoms with E-state index in [1.807, 2.05) is 42.3 Å². The highest BCUT2D eigenvalue weighted by atomic mass is 16.5. The van der Waals surface area contributed by atoms with Crippen molar-refractivity contribution < 1.29 is 9.15 Å². The summed E-state index contributed by atoms with van der Waals surface area (Å²) in [6.07, 6.45) is 2.04. The largest absolute Gasteiger partial charge is 0.497 e. The molecule has 32 heavy (non-hydrogen) atoms. The Morgan fingerprint density at radius 2 is 1.84 bits per heavy atom. The Bertz CT molecular complexity index is 1550. The van der Waals surface area contributed by atoms with Crippen LogP contribution in [0.5, 0.6) is 5.75 Å². The molecule has 1 heterocycles. The van der Waals surface area contributed by atoms with Crippen LogP contribution in [0.25, 0.3) is 32.7 Å². The highest BCUT2D eigenvalue weighted by Crippen LogP contribution is 2.40. The minimum atomic E-state index is 0.421. The van der Waals surface area contributed by atoms with Gasteiger partial charge in [0, 0.05) is 24.6 Å². The van der Waals surface area contributed by atoms with Crippen LogP contribution < -0.4 is 15.4 Å². The second-order valence-electron chi connectivity index (χ2n) is 8.23. The van der Waals surface area contributed by atoms with Crippen LogP contribution in [-0.4, -0.2) is 20.1 Å². The average Bonchev–Trinajstić information content (AvgIpc) is 3.42.